The van der Waals surface area contributed by atoms with E-state index in [2.05, 4.69) is 39.5 Å². The van der Waals surface area contributed by atoms with Crippen molar-refractivity contribution in [2.24, 2.45) is 0 Å². The summed E-state index contributed by atoms with van der Waals surface area (Å²) >= 11 is -1.89. The molecule has 0 saturated carbocycles. The second-order valence-electron chi connectivity index (χ2n) is 5.69. The number of unbranched alkanes of at least 4 members (excludes halogenated alkanes) is 3. The van der Waals surface area contributed by atoms with Crippen LogP contribution in [0.2, 0.25) is 17.7 Å². The van der Waals surface area contributed by atoms with Crippen LogP contribution in [0.15, 0.2) is 0 Å². The first-order valence-electron chi connectivity index (χ1n) is 8.20. The minimum absolute atomic E-state index is 1.04. The summed E-state index contributed by atoms with van der Waals surface area (Å²) < 4.78 is 6.15. The zero-order chi connectivity index (χ0) is 13.7. The second-order valence-corrected chi connectivity index (χ2v) is 19.5. The molecule has 0 nitrogen and oxygen atoms in total. The summed E-state index contributed by atoms with van der Waals surface area (Å²) in [6.45, 7) is 9.20. The van der Waals surface area contributed by atoms with Gasteiger partial charge in [-0.15, -0.1) is 0 Å². The first kappa shape index (κ1) is 18.4. The summed E-state index contributed by atoms with van der Waals surface area (Å²) in [4.78, 5) is 0. The van der Waals surface area contributed by atoms with Gasteiger partial charge in [-0.25, -0.2) is 0 Å². The van der Waals surface area contributed by atoms with Gasteiger partial charge in [-0.1, -0.05) is 0 Å². The number of hydrogen-bond donors (Lipinski definition) is 0. The molecule has 0 unspecified atom stereocenters. The van der Waals surface area contributed by atoms with Gasteiger partial charge in [0.2, 0.25) is 0 Å². The molecular formula is C17H34Sn. The third kappa shape index (κ3) is 8.46. The Morgan fingerprint density at radius 1 is 0.667 bits per heavy atom. The van der Waals surface area contributed by atoms with Gasteiger partial charge in [0.1, 0.15) is 0 Å². The first-order chi connectivity index (χ1) is 8.74. The molecule has 0 N–H and O–H groups in total. The monoisotopic (exact) mass is 358 g/mol. The van der Waals surface area contributed by atoms with Crippen LogP contribution in [0.1, 0.15) is 72.6 Å². The van der Waals surface area contributed by atoms with Crippen LogP contribution in [-0.2, 0) is 0 Å². The third-order valence-corrected chi connectivity index (χ3v) is 18.7. The molecule has 0 heterocycles. The summed E-state index contributed by atoms with van der Waals surface area (Å²) in [5.74, 6) is 6.88. The standard InChI is InChI=1S/C5H7.3C4H9.Sn/c1-3-5-4-2;3*1-3-4-2;/h1,4H2,2H3;3*1,3-4H2,2H3;. The van der Waals surface area contributed by atoms with Gasteiger partial charge in [0, 0.05) is 0 Å². The molecule has 0 aromatic rings. The molecule has 0 saturated heterocycles. The average Bonchev–Trinajstić information content (AvgIpc) is 2.40. The molecule has 1 heteroatoms. The normalized spacial score (nSPS) is 11.1. The Bertz CT molecular complexity index is 212. The van der Waals surface area contributed by atoms with Crippen molar-refractivity contribution in [2.75, 3.05) is 0 Å². The summed E-state index contributed by atoms with van der Waals surface area (Å²) in [5.41, 5.74) is 0. The number of rotatable bonds is 10. The predicted molar refractivity (Wildman–Crippen MR) is 87.8 cm³/mol. The molecule has 0 atom stereocenters. The van der Waals surface area contributed by atoms with E-state index in [1.165, 1.54) is 43.0 Å². The van der Waals surface area contributed by atoms with Gasteiger partial charge >= 0.3 is 121 Å². The first-order valence-corrected chi connectivity index (χ1v) is 16.3. The van der Waals surface area contributed by atoms with E-state index in [-0.39, 0.29) is 0 Å². The molecule has 0 aliphatic rings. The minimum atomic E-state index is -1.89. The number of hydrogen-bond acceptors (Lipinski definition) is 0. The molecule has 0 amide bonds. The summed E-state index contributed by atoms with van der Waals surface area (Å²) in [5, 5.41) is 0. The zero-order valence-corrected chi connectivity index (χ0v) is 16.1. The van der Waals surface area contributed by atoms with Gasteiger partial charge in [0.05, 0.1) is 0 Å². The van der Waals surface area contributed by atoms with Crippen molar-refractivity contribution in [3.63, 3.8) is 0 Å². The van der Waals surface area contributed by atoms with E-state index in [1.807, 2.05) is 0 Å². The Kier molecular flexibility index (Phi) is 12.6. The van der Waals surface area contributed by atoms with E-state index in [1.54, 1.807) is 13.3 Å². The molecule has 0 radical (unpaired) electrons. The molecule has 18 heavy (non-hydrogen) atoms. The van der Waals surface area contributed by atoms with Crippen molar-refractivity contribution in [1.82, 2.24) is 0 Å². The molecule has 106 valence electrons. The fourth-order valence-corrected chi connectivity index (χ4v) is 17.2. The van der Waals surface area contributed by atoms with Crippen molar-refractivity contribution < 1.29 is 0 Å². The van der Waals surface area contributed by atoms with Gasteiger partial charge < -0.3 is 0 Å². The molecule has 0 aliphatic heterocycles. The van der Waals surface area contributed by atoms with Crippen molar-refractivity contribution in [3.8, 4) is 11.8 Å². The topological polar surface area (TPSA) is 0 Å². The zero-order valence-electron chi connectivity index (χ0n) is 13.3. The average molecular weight is 357 g/mol. The molecular weight excluding hydrogens is 323 g/mol. The van der Waals surface area contributed by atoms with Gasteiger partial charge in [-0.05, 0) is 0 Å². The van der Waals surface area contributed by atoms with Gasteiger partial charge in [0.25, 0.3) is 0 Å². The van der Waals surface area contributed by atoms with E-state index in [0.29, 0.717) is 0 Å². The quantitative estimate of drug-likeness (QED) is 0.320. The van der Waals surface area contributed by atoms with E-state index >= 15 is 0 Å². The Morgan fingerprint density at radius 2 is 1.11 bits per heavy atom. The molecule has 0 rings (SSSR count). The molecule has 0 fully saturated rings. The van der Waals surface area contributed by atoms with Gasteiger partial charge in [-0.3, -0.25) is 0 Å². The van der Waals surface area contributed by atoms with Crippen LogP contribution in [0.5, 0.6) is 0 Å². The summed E-state index contributed by atoms with van der Waals surface area (Å²) in [6.07, 6.45) is 9.57. The molecule has 0 aromatic carbocycles. The van der Waals surface area contributed by atoms with E-state index in [4.69, 9.17) is 0 Å². The molecule has 0 aromatic heterocycles. The van der Waals surface area contributed by atoms with E-state index in [9.17, 15) is 0 Å². The van der Waals surface area contributed by atoms with Crippen LogP contribution in [-0.4, -0.2) is 18.4 Å². The van der Waals surface area contributed by atoms with Crippen LogP contribution < -0.4 is 0 Å². The molecule has 0 bridgehead atoms. The van der Waals surface area contributed by atoms with Crippen LogP contribution >= 0.6 is 0 Å². The Balaban J connectivity index is 4.61. The second kappa shape index (κ2) is 12.4. The third-order valence-electron chi connectivity index (χ3n) is 3.95. The Morgan fingerprint density at radius 3 is 1.44 bits per heavy atom. The maximum absolute atomic E-state index is 3.55. The predicted octanol–water partition coefficient (Wildman–Crippen LogP) is 6.25. The van der Waals surface area contributed by atoms with Gasteiger partial charge in [-0.2, -0.15) is 0 Å². The van der Waals surface area contributed by atoms with Crippen LogP contribution in [0.3, 0.4) is 0 Å². The van der Waals surface area contributed by atoms with Crippen LogP contribution in [0.25, 0.3) is 0 Å². The van der Waals surface area contributed by atoms with E-state index in [0.717, 1.165) is 6.42 Å². The van der Waals surface area contributed by atoms with Crippen molar-refractivity contribution >= 4 is 18.4 Å². The summed E-state index contributed by atoms with van der Waals surface area (Å²) in [6, 6.07) is 0. The van der Waals surface area contributed by atoms with Crippen molar-refractivity contribution in [1.29, 1.82) is 0 Å². The Hall–Kier alpha value is 0.359. The van der Waals surface area contributed by atoms with Crippen molar-refractivity contribution in [2.45, 2.75) is 90.4 Å². The SMILES string of the molecule is CCC#C[CH2][Sn]([CH2]CCC)([CH2]CCC)[CH2]CCC. The van der Waals surface area contributed by atoms with Crippen LogP contribution in [0, 0.1) is 11.8 Å². The molecule has 0 spiro atoms. The van der Waals surface area contributed by atoms with E-state index < -0.39 is 18.4 Å². The molecule has 0 aliphatic carbocycles. The fraction of sp³-hybridized carbons (Fsp3) is 0.882. The Labute approximate surface area is 120 Å². The summed E-state index contributed by atoms with van der Waals surface area (Å²) in [7, 11) is 0. The van der Waals surface area contributed by atoms with Gasteiger partial charge in [0.15, 0.2) is 0 Å². The van der Waals surface area contributed by atoms with Crippen LogP contribution in [0.4, 0.5) is 0 Å². The maximum atomic E-state index is 3.55. The van der Waals surface area contributed by atoms with Crippen molar-refractivity contribution in [3.05, 3.63) is 0 Å². The fourth-order valence-electron chi connectivity index (χ4n) is 2.67.